The molecule has 228 valence electrons. The van der Waals surface area contributed by atoms with E-state index in [9.17, 15) is 28.0 Å². The quantitative estimate of drug-likeness (QED) is 0.304. The number of hydrogen-bond donors (Lipinski definition) is 2. The van der Waals surface area contributed by atoms with E-state index in [1.165, 1.54) is 17.0 Å². The molecule has 0 atom stereocenters. The Balaban J connectivity index is 1.71. The Kier molecular flexibility index (Phi) is 11.0. The molecule has 0 spiro atoms. The van der Waals surface area contributed by atoms with E-state index in [0.29, 0.717) is 12.1 Å². The highest BCUT2D eigenvalue weighted by Crippen LogP contribution is 2.33. The van der Waals surface area contributed by atoms with E-state index in [0.717, 1.165) is 23.1 Å². The van der Waals surface area contributed by atoms with Gasteiger partial charge in [-0.3, -0.25) is 19.2 Å². The standard InChI is InChI=1S/C30H38F2N4O6/c1-5-21-9-11-23(12-10-21)36(20-37)41-19-30(27(39)33-17-22-7-6-8-24(31)26(22)32)13-15-35(16-14-30)25(38)18-34-28(40)42-29(2,3)4/h6-12,20H,5,13-19H2,1-4H3,(H,33,39)(H,34,40). The van der Waals surface area contributed by atoms with Crippen molar-refractivity contribution in [3.63, 3.8) is 0 Å². The lowest BCUT2D eigenvalue weighted by Crippen LogP contribution is -2.54. The number of amides is 4. The zero-order valence-electron chi connectivity index (χ0n) is 24.4. The first-order valence-corrected chi connectivity index (χ1v) is 13.8. The number of ether oxygens (including phenoxy) is 1. The van der Waals surface area contributed by atoms with Gasteiger partial charge in [-0.25, -0.2) is 13.6 Å². The van der Waals surface area contributed by atoms with Crippen molar-refractivity contribution in [2.75, 3.05) is 31.3 Å². The van der Waals surface area contributed by atoms with Gasteiger partial charge in [0.25, 0.3) is 0 Å². The number of carbonyl (C=O) groups excluding carboxylic acids is 4. The highest BCUT2D eigenvalue weighted by atomic mass is 19.2. The maximum atomic E-state index is 14.2. The van der Waals surface area contributed by atoms with Gasteiger partial charge in [0.2, 0.25) is 18.2 Å². The molecule has 1 saturated heterocycles. The molecule has 42 heavy (non-hydrogen) atoms. The third-order valence-electron chi connectivity index (χ3n) is 6.98. The predicted molar refractivity (Wildman–Crippen MR) is 151 cm³/mol. The van der Waals surface area contributed by atoms with Crippen molar-refractivity contribution in [1.29, 1.82) is 0 Å². The number of halogens is 2. The van der Waals surface area contributed by atoms with Crippen molar-refractivity contribution < 1.29 is 37.5 Å². The second-order valence-electron chi connectivity index (χ2n) is 11.1. The maximum absolute atomic E-state index is 14.2. The molecule has 0 radical (unpaired) electrons. The van der Waals surface area contributed by atoms with Crippen LogP contribution >= 0.6 is 0 Å². The fraction of sp³-hybridized carbons (Fsp3) is 0.467. The van der Waals surface area contributed by atoms with Crippen molar-refractivity contribution in [2.45, 2.75) is 59.1 Å². The number of likely N-dealkylation sites (tertiary alicyclic amines) is 1. The Morgan fingerprint density at radius 1 is 1.05 bits per heavy atom. The van der Waals surface area contributed by atoms with Crippen molar-refractivity contribution in [3.05, 3.63) is 65.2 Å². The Labute approximate surface area is 244 Å². The number of nitrogens with zero attached hydrogens (tertiary/aromatic N) is 2. The van der Waals surface area contributed by atoms with Gasteiger partial charge in [-0.2, -0.15) is 5.06 Å². The number of benzene rings is 2. The third kappa shape index (κ3) is 8.72. The minimum absolute atomic E-state index is 0.0224. The molecule has 0 aliphatic carbocycles. The van der Waals surface area contributed by atoms with E-state index in [1.807, 2.05) is 19.1 Å². The minimum Gasteiger partial charge on any atom is -0.444 e. The first kappa shape index (κ1) is 32.5. The van der Waals surface area contributed by atoms with Crippen molar-refractivity contribution in [2.24, 2.45) is 5.41 Å². The second kappa shape index (κ2) is 14.2. The van der Waals surface area contributed by atoms with Crippen LogP contribution in [0.2, 0.25) is 0 Å². The number of nitrogens with one attached hydrogen (secondary N) is 2. The van der Waals surface area contributed by atoms with Gasteiger partial charge >= 0.3 is 6.09 Å². The van der Waals surface area contributed by atoms with Crippen molar-refractivity contribution >= 4 is 30.0 Å². The summed E-state index contributed by atoms with van der Waals surface area (Å²) in [5.41, 5.74) is -0.383. The van der Waals surface area contributed by atoms with E-state index in [1.54, 1.807) is 32.9 Å². The smallest absolute Gasteiger partial charge is 0.408 e. The molecule has 2 N–H and O–H groups in total. The molecule has 0 unspecified atom stereocenters. The second-order valence-corrected chi connectivity index (χ2v) is 11.1. The summed E-state index contributed by atoms with van der Waals surface area (Å²) in [5, 5.41) is 6.14. The van der Waals surface area contributed by atoms with Gasteiger partial charge in [0.1, 0.15) is 12.1 Å². The number of hydroxylamine groups is 1. The molecular formula is C30H38F2N4O6. The predicted octanol–water partition coefficient (Wildman–Crippen LogP) is 3.87. The monoisotopic (exact) mass is 588 g/mol. The summed E-state index contributed by atoms with van der Waals surface area (Å²) < 4.78 is 33.1. The average Bonchev–Trinajstić information content (AvgIpc) is 2.96. The summed E-state index contributed by atoms with van der Waals surface area (Å²) in [7, 11) is 0. The Morgan fingerprint density at radius 3 is 2.31 bits per heavy atom. The normalized spacial score (nSPS) is 14.6. The number of anilines is 1. The van der Waals surface area contributed by atoms with Crippen LogP contribution in [0.1, 0.15) is 51.7 Å². The summed E-state index contributed by atoms with van der Waals surface area (Å²) >= 11 is 0. The maximum Gasteiger partial charge on any atom is 0.408 e. The van der Waals surface area contributed by atoms with E-state index in [4.69, 9.17) is 9.57 Å². The van der Waals surface area contributed by atoms with Crippen LogP contribution in [0.5, 0.6) is 0 Å². The number of carbonyl (C=O) groups is 4. The van der Waals surface area contributed by atoms with Crippen LogP contribution in [0.4, 0.5) is 19.3 Å². The van der Waals surface area contributed by atoms with Crippen LogP contribution in [0, 0.1) is 17.0 Å². The molecule has 3 rings (SSSR count). The van der Waals surface area contributed by atoms with E-state index < -0.39 is 34.7 Å². The highest BCUT2D eigenvalue weighted by Gasteiger charge is 2.43. The number of alkyl carbamates (subject to hydrolysis) is 1. The lowest BCUT2D eigenvalue weighted by Gasteiger charge is -2.40. The van der Waals surface area contributed by atoms with Crippen molar-refractivity contribution in [1.82, 2.24) is 15.5 Å². The minimum atomic E-state index is -1.19. The van der Waals surface area contributed by atoms with E-state index in [-0.39, 0.29) is 57.1 Å². The zero-order valence-corrected chi connectivity index (χ0v) is 24.4. The van der Waals surface area contributed by atoms with E-state index in [2.05, 4.69) is 10.6 Å². The molecule has 1 aliphatic heterocycles. The van der Waals surface area contributed by atoms with Crippen LogP contribution < -0.4 is 15.7 Å². The van der Waals surface area contributed by atoms with E-state index >= 15 is 0 Å². The third-order valence-corrected chi connectivity index (χ3v) is 6.98. The summed E-state index contributed by atoms with van der Waals surface area (Å²) in [5.74, 6) is -2.92. The highest BCUT2D eigenvalue weighted by molar-refractivity contribution is 5.85. The van der Waals surface area contributed by atoms with Crippen molar-refractivity contribution in [3.8, 4) is 0 Å². The average molecular weight is 589 g/mol. The fourth-order valence-corrected chi connectivity index (χ4v) is 4.48. The molecule has 0 aromatic heterocycles. The number of piperidine rings is 1. The molecule has 2 aromatic rings. The molecule has 1 aliphatic rings. The lowest BCUT2D eigenvalue weighted by molar-refractivity contribution is -0.145. The van der Waals surface area contributed by atoms with Crippen LogP contribution in [-0.4, -0.2) is 61.1 Å². The Bertz CT molecular complexity index is 1260. The van der Waals surface area contributed by atoms with Crippen LogP contribution in [0.15, 0.2) is 42.5 Å². The Hall–Kier alpha value is -4.06. The van der Waals surface area contributed by atoms with Gasteiger partial charge in [0.15, 0.2) is 11.6 Å². The van der Waals surface area contributed by atoms with Crippen LogP contribution in [0.3, 0.4) is 0 Å². The largest absolute Gasteiger partial charge is 0.444 e. The fourth-order valence-electron chi connectivity index (χ4n) is 4.48. The summed E-state index contributed by atoms with van der Waals surface area (Å²) in [4.78, 5) is 57.5. The van der Waals surface area contributed by atoms with Crippen LogP contribution in [0.25, 0.3) is 0 Å². The van der Waals surface area contributed by atoms with Crippen LogP contribution in [-0.2, 0) is 36.9 Å². The van der Waals surface area contributed by atoms with Gasteiger partial charge < -0.3 is 20.3 Å². The topological polar surface area (TPSA) is 117 Å². The first-order valence-electron chi connectivity index (χ1n) is 13.8. The lowest BCUT2D eigenvalue weighted by atomic mass is 9.78. The molecule has 0 saturated carbocycles. The Morgan fingerprint density at radius 2 is 1.71 bits per heavy atom. The molecule has 1 heterocycles. The molecular weight excluding hydrogens is 550 g/mol. The number of rotatable bonds is 11. The number of hydrogen-bond acceptors (Lipinski definition) is 6. The van der Waals surface area contributed by atoms with Gasteiger partial charge in [-0.05, 0) is 63.8 Å². The first-order chi connectivity index (χ1) is 19.9. The van der Waals surface area contributed by atoms with Gasteiger partial charge in [-0.15, -0.1) is 0 Å². The van der Waals surface area contributed by atoms with Gasteiger partial charge in [0.05, 0.1) is 17.7 Å². The molecule has 1 fully saturated rings. The summed E-state index contributed by atoms with van der Waals surface area (Å²) in [6.07, 6.45) is 0.907. The summed E-state index contributed by atoms with van der Waals surface area (Å²) in [6, 6.07) is 10.9. The van der Waals surface area contributed by atoms with Gasteiger partial charge in [-0.1, -0.05) is 31.2 Å². The molecule has 4 amide bonds. The number of aryl methyl sites for hydroxylation is 1. The zero-order chi connectivity index (χ0) is 30.9. The molecule has 2 aromatic carbocycles. The van der Waals surface area contributed by atoms with Gasteiger partial charge in [0, 0.05) is 25.2 Å². The summed E-state index contributed by atoms with van der Waals surface area (Å²) in [6.45, 7) is 6.70. The molecule has 10 nitrogen and oxygen atoms in total. The SMILES string of the molecule is CCc1ccc(N(C=O)OCC2(C(=O)NCc3cccc(F)c3F)CCN(C(=O)CNC(=O)OC(C)(C)C)CC2)cc1. The molecule has 0 bridgehead atoms. The molecule has 12 heteroatoms.